The molecule has 0 amide bonds. The molecule has 0 aliphatic heterocycles. The van der Waals surface area contributed by atoms with E-state index in [0.29, 0.717) is 18.2 Å². The van der Waals surface area contributed by atoms with Gasteiger partial charge in [0, 0.05) is 23.3 Å². The number of carbonyl (C=O) groups excluding carboxylic acids is 1. The fourth-order valence-corrected chi connectivity index (χ4v) is 3.70. The van der Waals surface area contributed by atoms with Crippen molar-refractivity contribution in [3.63, 3.8) is 0 Å². The van der Waals surface area contributed by atoms with Crippen LogP contribution in [0.15, 0.2) is 15.9 Å². The molecule has 1 saturated carbocycles. The van der Waals surface area contributed by atoms with Gasteiger partial charge in [-0.3, -0.25) is 4.79 Å². The quantitative estimate of drug-likeness (QED) is 0.932. The molecule has 0 radical (unpaired) electrons. The smallest absolute Gasteiger partial charge is 0.141 e. The van der Waals surface area contributed by atoms with E-state index in [4.69, 9.17) is 5.73 Å². The predicted molar refractivity (Wildman–Crippen MR) is 70.7 cm³/mol. The van der Waals surface area contributed by atoms with Crippen molar-refractivity contribution in [1.82, 2.24) is 0 Å². The van der Waals surface area contributed by atoms with Crippen molar-refractivity contribution in [2.45, 2.75) is 38.1 Å². The van der Waals surface area contributed by atoms with E-state index in [9.17, 15) is 4.79 Å². The number of Topliss-reactive ketones (excluding diaryl/α,β-unsaturated/α-hetero) is 1. The van der Waals surface area contributed by atoms with Crippen molar-refractivity contribution in [2.75, 3.05) is 0 Å². The van der Waals surface area contributed by atoms with Gasteiger partial charge in [-0.15, -0.1) is 11.3 Å². The van der Waals surface area contributed by atoms with Gasteiger partial charge in [0.15, 0.2) is 0 Å². The lowest BCUT2D eigenvalue weighted by molar-refractivity contribution is -0.123. The summed E-state index contributed by atoms with van der Waals surface area (Å²) in [5.74, 6) is 0.641. The molecule has 2 rings (SSSR count). The summed E-state index contributed by atoms with van der Waals surface area (Å²) < 4.78 is 1.10. The topological polar surface area (TPSA) is 43.1 Å². The summed E-state index contributed by atoms with van der Waals surface area (Å²) in [7, 11) is 0. The van der Waals surface area contributed by atoms with Crippen LogP contribution >= 0.6 is 27.3 Å². The van der Waals surface area contributed by atoms with Crippen molar-refractivity contribution in [1.29, 1.82) is 0 Å². The summed E-state index contributed by atoms with van der Waals surface area (Å²) in [4.78, 5) is 13.2. The zero-order valence-corrected chi connectivity index (χ0v) is 11.5. The SMILES string of the molecule is NC1CCC(C(=O)Cc2ccc(Br)s2)CC1. The molecule has 1 aromatic rings. The largest absolute Gasteiger partial charge is 0.328 e. The van der Waals surface area contributed by atoms with Crippen LogP contribution in [0, 0.1) is 5.92 Å². The Hall–Kier alpha value is -0.190. The Morgan fingerprint density at radius 1 is 1.38 bits per heavy atom. The zero-order chi connectivity index (χ0) is 11.5. The Morgan fingerprint density at radius 2 is 2.06 bits per heavy atom. The Labute approximate surface area is 108 Å². The second kappa shape index (κ2) is 5.43. The summed E-state index contributed by atoms with van der Waals surface area (Å²) >= 11 is 5.07. The highest BCUT2D eigenvalue weighted by molar-refractivity contribution is 9.11. The number of hydrogen-bond acceptors (Lipinski definition) is 3. The number of thiophene rings is 1. The van der Waals surface area contributed by atoms with Crippen LogP contribution in [0.1, 0.15) is 30.6 Å². The maximum atomic E-state index is 12.0. The molecule has 2 nitrogen and oxygen atoms in total. The fourth-order valence-electron chi connectivity index (χ4n) is 2.20. The van der Waals surface area contributed by atoms with E-state index in [2.05, 4.69) is 15.9 Å². The standard InChI is InChI=1S/C12H16BrNOS/c13-12-6-5-10(16-12)7-11(15)8-1-3-9(14)4-2-8/h5-6,8-9H,1-4,7,14H2. The van der Waals surface area contributed by atoms with Crippen LogP contribution in [0.5, 0.6) is 0 Å². The molecule has 0 spiro atoms. The van der Waals surface area contributed by atoms with E-state index in [1.165, 1.54) is 0 Å². The predicted octanol–water partition coefficient (Wildman–Crippen LogP) is 3.14. The molecule has 0 aromatic carbocycles. The summed E-state index contributed by atoms with van der Waals surface area (Å²) in [6, 6.07) is 4.35. The van der Waals surface area contributed by atoms with E-state index in [0.717, 1.165) is 34.3 Å². The van der Waals surface area contributed by atoms with E-state index >= 15 is 0 Å². The van der Waals surface area contributed by atoms with Gasteiger partial charge in [-0.2, -0.15) is 0 Å². The molecule has 1 aliphatic carbocycles. The highest BCUT2D eigenvalue weighted by atomic mass is 79.9. The maximum absolute atomic E-state index is 12.0. The van der Waals surface area contributed by atoms with Gasteiger partial charge in [-0.25, -0.2) is 0 Å². The van der Waals surface area contributed by atoms with E-state index in [1.807, 2.05) is 12.1 Å². The molecule has 2 N–H and O–H groups in total. The van der Waals surface area contributed by atoms with Gasteiger partial charge in [0.1, 0.15) is 5.78 Å². The molecule has 0 unspecified atom stereocenters. The Balaban J connectivity index is 1.88. The fraction of sp³-hybridized carbons (Fsp3) is 0.583. The molecule has 1 heterocycles. The summed E-state index contributed by atoms with van der Waals surface area (Å²) in [5, 5.41) is 0. The van der Waals surface area contributed by atoms with Gasteiger partial charge in [0.05, 0.1) is 3.79 Å². The van der Waals surface area contributed by atoms with Gasteiger partial charge in [0.2, 0.25) is 0 Å². The van der Waals surface area contributed by atoms with E-state index in [-0.39, 0.29) is 5.92 Å². The Kier molecular flexibility index (Phi) is 4.16. The first-order valence-corrected chi connectivity index (χ1v) is 7.28. The zero-order valence-electron chi connectivity index (χ0n) is 9.12. The molecule has 1 aromatic heterocycles. The van der Waals surface area contributed by atoms with Gasteiger partial charge >= 0.3 is 0 Å². The summed E-state index contributed by atoms with van der Waals surface area (Å²) in [6.45, 7) is 0. The van der Waals surface area contributed by atoms with Crippen molar-refractivity contribution in [2.24, 2.45) is 11.7 Å². The molecule has 1 aliphatic rings. The van der Waals surface area contributed by atoms with Crippen LogP contribution in [-0.2, 0) is 11.2 Å². The third kappa shape index (κ3) is 3.15. The van der Waals surface area contributed by atoms with Crippen LogP contribution in [0.25, 0.3) is 0 Å². The highest BCUT2D eigenvalue weighted by Gasteiger charge is 2.24. The first-order chi connectivity index (χ1) is 7.65. The number of hydrogen-bond donors (Lipinski definition) is 1. The normalized spacial score (nSPS) is 25.6. The molecule has 0 saturated heterocycles. The van der Waals surface area contributed by atoms with Crippen LogP contribution in [0.4, 0.5) is 0 Å². The molecule has 0 atom stereocenters. The first kappa shape index (κ1) is 12.3. The molecule has 1 fully saturated rings. The number of nitrogens with two attached hydrogens (primary N) is 1. The number of ketones is 1. The molecule has 4 heteroatoms. The minimum absolute atomic E-state index is 0.251. The Morgan fingerprint density at radius 3 is 2.62 bits per heavy atom. The molecule has 16 heavy (non-hydrogen) atoms. The molecule has 0 bridgehead atoms. The lowest BCUT2D eigenvalue weighted by Crippen LogP contribution is -2.30. The lowest BCUT2D eigenvalue weighted by atomic mass is 9.83. The molecular formula is C12H16BrNOS. The number of carbonyl (C=O) groups is 1. The van der Waals surface area contributed by atoms with Crippen molar-refractivity contribution in [3.05, 3.63) is 20.8 Å². The average Bonchev–Trinajstić information content (AvgIpc) is 2.65. The van der Waals surface area contributed by atoms with E-state index < -0.39 is 0 Å². The van der Waals surface area contributed by atoms with Crippen LogP contribution in [0.3, 0.4) is 0 Å². The number of halogens is 1. The second-order valence-corrected chi connectivity index (χ2v) is 7.01. The maximum Gasteiger partial charge on any atom is 0.141 e. The third-order valence-electron chi connectivity index (χ3n) is 3.20. The van der Waals surface area contributed by atoms with Crippen LogP contribution < -0.4 is 5.73 Å². The monoisotopic (exact) mass is 301 g/mol. The van der Waals surface area contributed by atoms with Gasteiger partial charge in [0.25, 0.3) is 0 Å². The molecular weight excluding hydrogens is 286 g/mol. The van der Waals surface area contributed by atoms with Crippen molar-refractivity contribution in [3.8, 4) is 0 Å². The van der Waals surface area contributed by atoms with Crippen molar-refractivity contribution >= 4 is 33.0 Å². The average molecular weight is 302 g/mol. The minimum Gasteiger partial charge on any atom is -0.328 e. The van der Waals surface area contributed by atoms with Crippen molar-refractivity contribution < 1.29 is 4.79 Å². The number of rotatable bonds is 3. The van der Waals surface area contributed by atoms with Crippen LogP contribution in [-0.4, -0.2) is 11.8 Å². The van der Waals surface area contributed by atoms with Crippen LogP contribution in [0.2, 0.25) is 0 Å². The second-order valence-electron chi connectivity index (χ2n) is 4.46. The lowest BCUT2D eigenvalue weighted by Gasteiger charge is -2.24. The summed E-state index contributed by atoms with van der Waals surface area (Å²) in [6.07, 6.45) is 4.56. The first-order valence-electron chi connectivity index (χ1n) is 5.67. The van der Waals surface area contributed by atoms with Gasteiger partial charge < -0.3 is 5.73 Å². The minimum atomic E-state index is 0.251. The van der Waals surface area contributed by atoms with Gasteiger partial charge in [-0.1, -0.05) is 0 Å². The van der Waals surface area contributed by atoms with E-state index in [1.54, 1.807) is 11.3 Å². The molecule has 88 valence electrons. The Bertz CT molecular complexity index is 369. The third-order valence-corrected chi connectivity index (χ3v) is 4.83. The highest BCUT2D eigenvalue weighted by Crippen LogP contribution is 2.27. The van der Waals surface area contributed by atoms with Gasteiger partial charge in [-0.05, 0) is 53.7 Å². The summed E-state index contributed by atoms with van der Waals surface area (Å²) in [5.41, 5.74) is 5.84.